The third kappa shape index (κ3) is 3.63. The fourth-order valence-corrected chi connectivity index (χ4v) is 2.94. The number of likely N-dealkylation sites (N-methyl/N-ethyl adjacent to an activating group) is 1. The smallest absolute Gasteiger partial charge is 0.269 e. The van der Waals surface area contributed by atoms with Crippen molar-refractivity contribution in [3.05, 3.63) is 75.8 Å². The Morgan fingerprint density at radius 3 is 2.88 bits per heavy atom. The summed E-state index contributed by atoms with van der Waals surface area (Å²) in [5, 5.41) is 10.7. The number of non-ortho nitro benzene ring substituents is 1. The first-order valence-electron chi connectivity index (χ1n) is 7.89. The van der Waals surface area contributed by atoms with Crippen LogP contribution in [0, 0.1) is 16.2 Å². The minimum absolute atomic E-state index is 0.0714. The molecule has 1 radical (unpaired) electrons. The summed E-state index contributed by atoms with van der Waals surface area (Å²) >= 11 is 0. The predicted molar refractivity (Wildman–Crippen MR) is 92.9 cm³/mol. The molecule has 0 bridgehead atoms. The average Bonchev–Trinajstić information content (AvgIpc) is 2.74. The largest absolute Gasteiger partial charge is 0.494 e. The van der Waals surface area contributed by atoms with Crippen LogP contribution in [0.25, 0.3) is 6.08 Å². The van der Waals surface area contributed by atoms with Gasteiger partial charge in [-0.05, 0) is 42.4 Å². The first kappa shape index (κ1) is 16.2. The van der Waals surface area contributed by atoms with Crippen molar-refractivity contribution in [2.45, 2.75) is 12.5 Å². The molecule has 1 unspecified atom stereocenters. The van der Waals surface area contributed by atoms with Gasteiger partial charge in [0.1, 0.15) is 5.75 Å². The van der Waals surface area contributed by atoms with Gasteiger partial charge in [0.15, 0.2) is 0 Å². The van der Waals surface area contributed by atoms with Gasteiger partial charge in [-0.15, -0.1) is 0 Å². The zero-order valence-electron chi connectivity index (χ0n) is 13.5. The van der Waals surface area contributed by atoms with E-state index in [1.165, 1.54) is 23.3 Å². The molecule has 1 aliphatic heterocycles. The standard InChI is InChI=1S/C19H19N2O3/c1-20-13-4-6-15-5-2-3-7-18(15)19(20)12-14-24-17-10-8-16(9-11-17)21(22)23/h3-11,19H,12-14H2,1H3. The summed E-state index contributed by atoms with van der Waals surface area (Å²) in [6.45, 7) is 1.43. The van der Waals surface area contributed by atoms with Crippen LogP contribution in [0.15, 0.2) is 48.5 Å². The molecule has 0 amide bonds. The van der Waals surface area contributed by atoms with Gasteiger partial charge >= 0.3 is 0 Å². The van der Waals surface area contributed by atoms with Crippen LogP contribution >= 0.6 is 0 Å². The van der Waals surface area contributed by atoms with E-state index in [9.17, 15) is 10.1 Å². The van der Waals surface area contributed by atoms with Crippen LogP contribution in [-0.4, -0.2) is 30.0 Å². The van der Waals surface area contributed by atoms with Gasteiger partial charge in [-0.3, -0.25) is 15.0 Å². The molecular formula is C19H19N2O3. The third-order valence-corrected chi connectivity index (χ3v) is 4.22. The Labute approximate surface area is 141 Å². The summed E-state index contributed by atoms with van der Waals surface area (Å²) in [6, 6.07) is 15.6. The molecule has 0 saturated heterocycles. The monoisotopic (exact) mass is 323 g/mol. The zero-order chi connectivity index (χ0) is 16.9. The fourth-order valence-electron chi connectivity index (χ4n) is 2.94. The second-order valence-electron chi connectivity index (χ2n) is 5.80. The first-order valence-corrected chi connectivity index (χ1v) is 7.89. The number of nitro groups is 1. The predicted octanol–water partition coefficient (Wildman–Crippen LogP) is 3.86. The SMILES string of the molecule is CN1CC=Cc2c[c]ccc2C1CCOc1ccc([N+](=O)[O-])cc1. The molecule has 1 atom stereocenters. The van der Waals surface area contributed by atoms with Crippen LogP contribution in [0.1, 0.15) is 23.6 Å². The number of hydrogen-bond acceptors (Lipinski definition) is 4. The summed E-state index contributed by atoms with van der Waals surface area (Å²) in [4.78, 5) is 12.6. The Bertz CT molecular complexity index is 741. The molecule has 0 aliphatic carbocycles. The zero-order valence-corrected chi connectivity index (χ0v) is 13.5. The lowest BCUT2D eigenvalue weighted by molar-refractivity contribution is -0.384. The van der Waals surface area contributed by atoms with Gasteiger partial charge in [0.2, 0.25) is 0 Å². The van der Waals surface area contributed by atoms with Gasteiger partial charge in [-0.1, -0.05) is 24.3 Å². The first-order chi connectivity index (χ1) is 11.6. The lowest BCUT2D eigenvalue weighted by Crippen LogP contribution is -2.25. The van der Waals surface area contributed by atoms with Crippen LogP contribution in [0.3, 0.4) is 0 Å². The highest BCUT2D eigenvalue weighted by Gasteiger charge is 2.20. The van der Waals surface area contributed by atoms with Crippen molar-refractivity contribution in [2.75, 3.05) is 20.2 Å². The fraction of sp³-hybridized carbons (Fsp3) is 0.263. The molecule has 123 valence electrons. The van der Waals surface area contributed by atoms with E-state index in [0.717, 1.165) is 13.0 Å². The number of benzene rings is 2. The second kappa shape index (κ2) is 7.27. The van der Waals surface area contributed by atoms with Gasteiger partial charge in [-0.2, -0.15) is 0 Å². The quantitative estimate of drug-likeness (QED) is 0.619. The van der Waals surface area contributed by atoms with Crippen molar-refractivity contribution < 1.29 is 9.66 Å². The third-order valence-electron chi connectivity index (χ3n) is 4.22. The van der Waals surface area contributed by atoms with E-state index >= 15 is 0 Å². The number of fused-ring (bicyclic) bond motifs is 1. The Hall–Kier alpha value is -2.66. The van der Waals surface area contributed by atoms with E-state index in [0.29, 0.717) is 12.4 Å². The molecule has 5 nitrogen and oxygen atoms in total. The van der Waals surface area contributed by atoms with Crippen LogP contribution in [0.2, 0.25) is 0 Å². The van der Waals surface area contributed by atoms with Crippen molar-refractivity contribution in [1.29, 1.82) is 0 Å². The van der Waals surface area contributed by atoms with E-state index in [1.807, 2.05) is 12.1 Å². The molecule has 24 heavy (non-hydrogen) atoms. The molecule has 2 aromatic rings. The van der Waals surface area contributed by atoms with E-state index in [2.05, 4.69) is 36.2 Å². The summed E-state index contributed by atoms with van der Waals surface area (Å²) in [7, 11) is 2.10. The summed E-state index contributed by atoms with van der Waals surface area (Å²) < 4.78 is 5.77. The van der Waals surface area contributed by atoms with Gasteiger partial charge in [-0.25, -0.2) is 0 Å². The minimum atomic E-state index is -0.411. The van der Waals surface area contributed by atoms with E-state index in [4.69, 9.17) is 4.74 Å². The Morgan fingerprint density at radius 1 is 1.33 bits per heavy atom. The Kier molecular flexibility index (Phi) is 4.91. The summed E-state index contributed by atoms with van der Waals surface area (Å²) in [5.74, 6) is 0.650. The van der Waals surface area contributed by atoms with Crippen molar-refractivity contribution in [3.8, 4) is 5.75 Å². The highest BCUT2D eigenvalue weighted by atomic mass is 16.6. The molecular weight excluding hydrogens is 304 g/mol. The lowest BCUT2D eigenvalue weighted by atomic mass is 9.98. The molecule has 2 aromatic carbocycles. The molecule has 1 aliphatic rings. The molecule has 0 fully saturated rings. The van der Waals surface area contributed by atoms with E-state index < -0.39 is 4.92 Å². The minimum Gasteiger partial charge on any atom is -0.494 e. The number of hydrogen-bond donors (Lipinski definition) is 0. The maximum absolute atomic E-state index is 10.7. The van der Waals surface area contributed by atoms with Crippen molar-refractivity contribution in [1.82, 2.24) is 4.90 Å². The number of ether oxygens (including phenoxy) is 1. The highest BCUT2D eigenvalue weighted by molar-refractivity contribution is 5.55. The number of nitrogens with zero attached hydrogens (tertiary/aromatic N) is 2. The van der Waals surface area contributed by atoms with Crippen LogP contribution < -0.4 is 4.74 Å². The summed E-state index contributed by atoms with van der Waals surface area (Å²) in [5.41, 5.74) is 2.54. The number of rotatable bonds is 5. The van der Waals surface area contributed by atoms with Gasteiger partial charge in [0, 0.05) is 31.1 Å². The van der Waals surface area contributed by atoms with Crippen molar-refractivity contribution in [2.24, 2.45) is 0 Å². The molecule has 1 heterocycles. The topological polar surface area (TPSA) is 55.6 Å². The van der Waals surface area contributed by atoms with Crippen molar-refractivity contribution >= 4 is 11.8 Å². The average molecular weight is 323 g/mol. The maximum atomic E-state index is 10.7. The normalized spacial score (nSPS) is 17.1. The lowest BCUT2D eigenvalue weighted by Gasteiger charge is -2.27. The molecule has 3 rings (SSSR count). The Morgan fingerprint density at radius 2 is 2.12 bits per heavy atom. The molecule has 0 N–H and O–H groups in total. The molecule has 0 saturated carbocycles. The molecule has 5 heteroatoms. The molecule has 0 aromatic heterocycles. The van der Waals surface area contributed by atoms with Gasteiger partial charge in [0.05, 0.1) is 11.5 Å². The van der Waals surface area contributed by atoms with E-state index in [1.54, 1.807) is 12.1 Å². The van der Waals surface area contributed by atoms with Gasteiger partial charge in [0.25, 0.3) is 5.69 Å². The van der Waals surface area contributed by atoms with E-state index in [-0.39, 0.29) is 11.7 Å². The van der Waals surface area contributed by atoms with Crippen LogP contribution in [0.5, 0.6) is 5.75 Å². The maximum Gasteiger partial charge on any atom is 0.269 e. The summed E-state index contributed by atoms with van der Waals surface area (Å²) in [6.07, 6.45) is 5.13. The van der Waals surface area contributed by atoms with Crippen molar-refractivity contribution in [3.63, 3.8) is 0 Å². The van der Waals surface area contributed by atoms with Crippen LogP contribution in [0.4, 0.5) is 5.69 Å². The second-order valence-corrected chi connectivity index (χ2v) is 5.80. The Balaban J connectivity index is 1.64. The number of nitro benzene ring substituents is 1. The highest BCUT2D eigenvalue weighted by Crippen LogP contribution is 2.29. The molecule has 0 spiro atoms. The van der Waals surface area contributed by atoms with Gasteiger partial charge < -0.3 is 4.74 Å². The van der Waals surface area contributed by atoms with Crippen LogP contribution in [-0.2, 0) is 0 Å².